The summed E-state index contributed by atoms with van der Waals surface area (Å²) in [6, 6.07) is 0. The minimum atomic E-state index is -1.93. The Morgan fingerprint density at radius 2 is 1.82 bits per heavy atom. The van der Waals surface area contributed by atoms with Gasteiger partial charge >= 0.3 is 189 Å². The quantitative estimate of drug-likeness (QED) is 0.143. The molecule has 4 rings (SSSR count). The molecule has 34 heavy (non-hydrogen) atoms. The second-order valence-corrected chi connectivity index (χ2v) is 17.8. The second-order valence-electron chi connectivity index (χ2n) is 12.6. The molecule has 4 aliphatic rings. The van der Waals surface area contributed by atoms with Gasteiger partial charge in [0.25, 0.3) is 0 Å². The van der Waals surface area contributed by atoms with Crippen LogP contribution in [0.2, 0.25) is 0 Å². The van der Waals surface area contributed by atoms with E-state index >= 15 is 0 Å². The van der Waals surface area contributed by atoms with E-state index in [1.807, 2.05) is 0 Å². The third-order valence-corrected chi connectivity index (χ3v) is 15.2. The molecular weight excluding hydrogens is 520 g/mol. The molecular formula is C28H44GeO3PS+. The average molecular weight is 564 g/mol. The van der Waals surface area contributed by atoms with Crippen LogP contribution in [-0.2, 0) is 8.12 Å². The molecule has 3 saturated carbocycles. The molecule has 9 atom stereocenters. The van der Waals surface area contributed by atoms with E-state index in [1.165, 1.54) is 31.3 Å². The topological polar surface area (TPSA) is 46.5 Å². The Morgan fingerprint density at radius 3 is 2.50 bits per heavy atom. The Labute approximate surface area is 220 Å². The molecule has 4 aliphatic carbocycles. The molecule has 6 heteroatoms. The van der Waals surface area contributed by atoms with Gasteiger partial charge in [-0.15, -0.1) is 0 Å². The standard InChI is InChI=1S/C28H43GeO3PS/c1-18(2)19(3)7-8-20(4)23-11-12-24-22-10-9-21-17-28(30,29-32-33(31)34)16-15-26(21,5)25(22)13-14-27(23,24)6/h7-10,18-20,23-25,30H,11-17H2,1-6H3/p+1/t19-,20+,23+,24?,25?,26-,27+,28+/m0/s1. The second kappa shape index (κ2) is 10.1. The molecule has 0 saturated heterocycles. The van der Waals surface area contributed by atoms with E-state index in [-0.39, 0.29) is 5.41 Å². The molecule has 188 valence electrons. The van der Waals surface area contributed by atoms with Gasteiger partial charge in [-0.2, -0.15) is 0 Å². The first-order valence-corrected chi connectivity index (χ1v) is 17.6. The molecule has 1 N–H and O–H groups in total. The minimum absolute atomic E-state index is 0.142. The van der Waals surface area contributed by atoms with Crippen LogP contribution in [0.25, 0.3) is 0 Å². The van der Waals surface area contributed by atoms with E-state index < -0.39 is 27.4 Å². The van der Waals surface area contributed by atoms with Crippen LogP contribution in [0, 0.1) is 46.3 Å². The summed E-state index contributed by atoms with van der Waals surface area (Å²) < 4.78 is 15.9. The van der Waals surface area contributed by atoms with Crippen molar-refractivity contribution in [1.29, 1.82) is 0 Å². The summed E-state index contributed by atoms with van der Waals surface area (Å²) in [5.41, 5.74) is 3.62. The maximum atomic E-state index is 11.4. The van der Waals surface area contributed by atoms with Gasteiger partial charge in [0.1, 0.15) is 0 Å². The first kappa shape index (κ1) is 27.2. The monoisotopic (exact) mass is 565 g/mol. The summed E-state index contributed by atoms with van der Waals surface area (Å²) in [6.07, 6.45) is 17.4. The third kappa shape index (κ3) is 4.97. The normalized spacial score (nSPS) is 41.9. The van der Waals surface area contributed by atoms with Crippen LogP contribution >= 0.6 is 19.5 Å². The summed E-state index contributed by atoms with van der Waals surface area (Å²) in [4.78, 5) is 0. The van der Waals surface area contributed by atoms with Crippen LogP contribution in [0.1, 0.15) is 86.5 Å². The Balaban J connectivity index is 1.54. The van der Waals surface area contributed by atoms with Gasteiger partial charge in [-0.3, -0.25) is 0 Å². The van der Waals surface area contributed by atoms with Crippen molar-refractivity contribution in [3.05, 3.63) is 35.5 Å². The van der Waals surface area contributed by atoms with Gasteiger partial charge in [-0.25, -0.2) is 0 Å². The van der Waals surface area contributed by atoms with E-state index in [9.17, 15) is 9.67 Å². The zero-order valence-corrected chi connectivity index (χ0v) is 25.8. The van der Waals surface area contributed by atoms with Gasteiger partial charge < -0.3 is 0 Å². The Bertz CT molecular complexity index is 900. The summed E-state index contributed by atoms with van der Waals surface area (Å²) in [7, 11) is -1.93. The maximum absolute atomic E-state index is 11.4. The molecule has 0 heterocycles. The van der Waals surface area contributed by atoms with E-state index in [0.717, 1.165) is 18.8 Å². The predicted octanol–water partition coefficient (Wildman–Crippen LogP) is 7.88. The van der Waals surface area contributed by atoms with E-state index in [1.54, 1.807) is 5.57 Å². The van der Waals surface area contributed by atoms with Gasteiger partial charge in [0.2, 0.25) is 0 Å². The summed E-state index contributed by atoms with van der Waals surface area (Å²) >= 11 is 2.71. The van der Waals surface area contributed by atoms with Crippen LogP contribution in [0.5, 0.6) is 0 Å². The van der Waals surface area contributed by atoms with Crippen LogP contribution in [0.4, 0.5) is 0 Å². The van der Waals surface area contributed by atoms with Gasteiger partial charge in [0.05, 0.1) is 0 Å². The zero-order valence-electron chi connectivity index (χ0n) is 21.9. The fourth-order valence-electron chi connectivity index (χ4n) is 7.81. The molecule has 3 unspecified atom stereocenters. The number of thiol groups is 1. The van der Waals surface area contributed by atoms with Gasteiger partial charge in [-0.1, -0.05) is 20.8 Å². The molecule has 0 spiro atoms. The molecule has 0 aromatic rings. The van der Waals surface area contributed by atoms with Crippen LogP contribution in [0.15, 0.2) is 35.5 Å². The molecule has 0 aromatic heterocycles. The number of hydrogen-bond donors (Lipinski definition) is 2. The fourth-order valence-corrected chi connectivity index (χ4v) is 11.3. The molecule has 3 fully saturated rings. The summed E-state index contributed by atoms with van der Waals surface area (Å²) in [6.45, 7) is 14.5. The predicted molar refractivity (Wildman–Crippen MR) is 146 cm³/mol. The van der Waals surface area contributed by atoms with Crippen molar-refractivity contribution in [2.24, 2.45) is 46.3 Å². The summed E-state index contributed by atoms with van der Waals surface area (Å²) in [5, 5.41) is 11.2. The molecule has 0 aromatic carbocycles. The number of hydrogen-bond acceptors (Lipinski definition) is 3. The van der Waals surface area contributed by atoms with Crippen molar-refractivity contribution in [1.82, 2.24) is 0 Å². The first-order chi connectivity index (χ1) is 15.9. The van der Waals surface area contributed by atoms with E-state index in [0.29, 0.717) is 41.4 Å². The van der Waals surface area contributed by atoms with Crippen molar-refractivity contribution >= 4 is 35.2 Å². The van der Waals surface area contributed by atoms with Crippen LogP contribution < -0.4 is 0 Å². The first-order valence-electron chi connectivity index (χ1n) is 13.3. The van der Waals surface area contributed by atoms with Crippen molar-refractivity contribution in [2.75, 3.05) is 0 Å². The van der Waals surface area contributed by atoms with Crippen molar-refractivity contribution in [3.63, 3.8) is 0 Å². The molecule has 0 amide bonds. The fraction of sp³-hybridized carbons (Fsp3) is 0.786. The number of rotatable bonds is 7. The Kier molecular flexibility index (Phi) is 8.09. The third-order valence-electron chi connectivity index (χ3n) is 10.4. The molecule has 3 nitrogen and oxygen atoms in total. The Morgan fingerprint density at radius 1 is 1.09 bits per heavy atom. The Hall–Kier alpha value is 0.133. The van der Waals surface area contributed by atoms with Gasteiger partial charge in [0, 0.05) is 0 Å². The van der Waals surface area contributed by atoms with E-state index in [4.69, 9.17) is 3.55 Å². The summed E-state index contributed by atoms with van der Waals surface area (Å²) in [5.74, 6) is 4.02. The van der Waals surface area contributed by atoms with Crippen LogP contribution in [-0.4, -0.2) is 25.3 Å². The molecule has 0 aliphatic heterocycles. The van der Waals surface area contributed by atoms with Crippen molar-refractivity contribution in [2.45, 2.75) is 90.9 Å². The zero-order chi connectivity index (χ0) is 24.9. The SMILES string of the molecule is CC(C)[C@@H](C)C=C[C@@H](C)[C@H]1CCC2C3=CC=C4C[C@@](O)([Ge][O][P+](=O)S)CC[C@]4(C)C3CC[C@@]21C. The van der Waals surface area contributed by atoms with Gasteiger partial charge in [0.15, 0.2) is 0 Å². The molecule has 0 bridgehead atoms. The average Bonchev–Trinajstić information content (AvgIpc) is 3.14. The molecule has 2 radical (unpaired) electrons. The van der Waals surface area contributed by atoms with E-state index in [2.05, 4.69) is 78.1 Å². The number of aliphatic hydroxyl groups is 1. The van der Waals surface area contributed by atoms with Crippen molar-refractivity contribution < 1.29 is 13.2 Å². The number of fused-ring (bicyclic) bond motifs is 5. The number of allylic oxidation sites excluding steroid dienone is 5. The van der Waals surface area contributed by atoms with Crippen molar-refractivity contribution in [3.8, 4) is 0 Å². The van der Waals surface area contributed by atoms with Gasteiger partial charge in [-0.05, 0) is 11.8 Å². The van der Waals surface area contributed by atoms with Crippen LogP contribution in [0.3, 0.4) is 0 Å².